The van der Waals surface area contributed by atoms with Crippen LogP contribution < -0.4 is 5.73 Å². The smallest absolute Gasteiger partial charge is 0.244 e. The Hall–Kier alpha value is -1.39. The van der Waals surface area contributed by atoms with Crippen molar-refractivity contribution in [3.63, 3.8) is 0 Å². The first-order valence-corrected chi connectivity index (χ1v) is 8.09. The summed E-state index contributed by atoms with van der Waals surface area (Å²) in [6, 6.07) is 9.89. The monoisotopic (exact) mass is 287 g/mol. The van der Waals surface area contributed by atoms with Gasteiger partial charge in [-0.25, -0.2) is 0 Å². The Balaban J connectivity index is 1.55. The number of piperazine rings is 1. The van der Waals surface area contributed by atoms with E-state index < -0.39 is 6.04 Å². The zero-order valence-corrected chi connectivity index (χ0v) is 12.6. The summed E-state index contributed by atoms with van der Waals surface area (Å²) >= 11 is 0. The van der Waals surface area contributed by atoms with Crippen LogP contribution in [-0.4, -0.2) is 47.9 Å². The summed E-state index contributed by atoms with van der Waals surface area (Å²) in [6.07, 6.45) is 5.39. The second-order valence-electron chi connectivity index (χ2n) is 6.19. The van der Waals surface area contributed by atoms with Gasteiger partial charge in [0, 0.05) is 32.2 Å². The topological polar surface area (TPSA) is 49.6 Å². The lowest BCUT2D eigenvalue weighted by molar-refractivity contribution is -0.134. The van der Waals surface area contributed by atoms with Crippen LogP contribution in [-0.2, 0) is 4.79 Å². The fraction of sp³-hybridized carbons (Fsp3) is 0.588. The van der Waals surface area contributed by atoms with Crippen molar-refractivity contribution in [3.8, 4) is 0 Å². The lowest BCUT2D eigenvalue weighted by Crippen LogP contribution is -2.53. The summed E-state index contributed by atoms with van der Waals surface area (Å²) in [5.41, 5.74) is 7.02. The van der Waals surface area contributed by atoms with E-state index in [1.54, 1.807) is 0 Å². The van der Waals surface area contributed by atoms with Gasteiger partial charge in [-0.15, -0.1) is 0 Å². The van der Waals surface area contributed by atoms with Crippen molar-refractivity contribution in [2.75, 3.05) is 26.2 Å². The first kappa shape index (κ1) is 14.5. The van der Waals surface area contributed by atoms with Crippen LogP contribution in [0.25, 0.3) is 0 Å². The molecule has 1 amide bonds. The van der Waals surface area contributed by atoms with Crippen LogP contribution in [0.2, 0.25) is 0 Å². The predicted octanol–water partition coefficient (Wildman–Crippen LogP) is 1.77. The molecule has 0 spiro atoms. The maximum atomic E-state index is 12.5. The zero-order valence-electron chi connectivity index (χ0n) is 12.6. The highest BCUT2D eigenvalue weighted by Gasteiger charge is 2.29. The fourth-order valence-electron chi connectivity index (χ4n) is 3.58. The summed E-state index contributed by atoms with van der Waals surface area (Å²) < 4.78 is 0. The lowest BCUT2D eigenvalue weighted by atomic mass is 10.1. The summed E-state index contributed by atoms with van der Waals surface area (Å²) in [5, 5.41) is 0. The average molecular weight is 287 g/mol. The Kier molecular flexibility index (Phi) is 4.56. The molecular formula is C17H25N3O. The van der Waals surface area contributed by atoms with Crippen molar-refractivity contribution in [2.24, 2.45) is 5.73 Å². The van der Waals surface area contributed by atoms with Crippen LogP contribution in [0.3, 0.4) is 0 Å². The molecule has 0 bridgehead atoms. The molecule has 114 valence electrons. The third-order valence-corrected chi connectivity index (χ3v) is 4.89. The van der Waals surface area contributed by atoms with Crippen LogP contribution in [0.4, 0.5) is 0 Å². The van der Waals surface area contributed by atoms with Gasteiger partial charge in [0.1, 0.15) is 6.04 Å². The van der Waals surface area contributed by atoms with E-state index in [1.165, 1.54) is 25.7 Å². The molecule has 1 aromatic rings. The van der Waals surface area contributed by atoms with Gasteiger partial charge in [0.15, 0.2) is 0 Å². The van der Waals surface area contributed by atoms with E-state index in [2.05, 4.69) is 4.90 Å². The highest BCUT2D eigenvalue weighted by Crippen LogP contribution is 2.24. The Bertz CT molecular complexity index is 462. The van der Waals surface area contributed by atoms with Gasteiger partial charge in [0.25, 0.3) is 0 Å². The van der Waals surface area contributed by atoms with Crippen LogP contribution in [0, 0.1) is 0 Å². The van der Waals surface area contributed by atoms with Crippen LogP contribution in [0.15, 0.2) is 30.3 Å². The van der Waals surface area contributed by atoms with Crippen LogP contribution in [0.1, 0.15) is 37.3 Å². The first-order valence-electron chi connectivity index (χ1n) is 8.09. The number of carbonyl (C=O) groups excluding carboxylic acids is 1. The summed E-state index contributed by atoms with van der Waals surface area (Å²) in [5.74, 6) is 0.0623. The number of nitrogens with zero attached hydrogens (tertiary/aromatic N) is 2. The minimum Gasteiger partial charge on any atom is -0.338 e. The van der Waals surface area contributed by atoms with Gasteiger partial charge in [-0.2, -0.15) is 0 Å². The fourth-order valence-corrected chi connectivity index (χ4v) is 3.58. The van der Waals surface area contributed by atoms with Crippen molar-refractivity contribution >= 4 is 5.91 Å². The van der Waals surface area contributed by atoms with Crippen LogP contribution in [0.5, 0.6) is 0 Å². The maximum Gasteiger partial charge on any atom is 0.244 e. The molecular weight excluding hydrogens is 262 g/mol. The quantitative estimate of drug-likeness (QED) is 0.922. The van der Waals surface area contributed by atoms with E-state index in [1.807, 2.05) is 35.2 Å². The molecule has 1 heterocycles. The van der Waals surface area contributed by atoms with Crippen molar-refractivity contribution < 1.29 is 4.79 Å². The highest BCUT2D eigenvalue weighted by molar-refractivity contribution is 5.83. The number of carbonyl (C=O) groups is 1. The van der Waals surface area contributed by atoms with E-state index in [0.29, 0.717) is 0 Å². The highest BCUT2D eigenvalue weighted by atomic mass is 16.2. The van der Waals surface area contributed by atoms with Crippen molar-refractivity contribution in [1.29, 1.82) is 0 Å². The normalized spacial score (nSPS) is 22.4. The molecule has 2 aliphatic rings. The summed E-state index contributed by atoms with van der Waals surface area (Å²) in [7, 11) is 0. The maximum absolute atomic E-state index is 12.5. The van der Waals surface area contributed by atoms with E-state index in [0.717, 1.165) is 37.8 Å². The van der Waals surface area contributed by atoms with E-state index in [-0.39, 0.29) is 5.91 Å². The van der Waals surface area contributed by atoms with Crippen molar-refractivity contribution in [3.05, 3.63) is 35.9 Å². The molecule has 4 nitrogen and oxygen atoms in total. The third kappa shape index (κ3) is 3.27. The molecule has 4 heteroatoms. The molecule has 2 fully saturated rings. The Morgan fingerprint density at radius 2 is 1.67 bits per heavy atom. The molecule has 0 unspecified atom stereocenters. The minimum atomic E-state index is -0.524. The number of hydrogen-bond donors (Lipinski definition) is 1. The van der Waals surface area contributed by atoms with E-state index in [4.69, 9.17) is 5.73 Å². The Labute approximate surface area is 126 Å². The molecule has 0 aromatic heterocycles. The lowest BCUT2D eigenvalue weighted by Gasteiger charge is -2.38. The number of benzene rings is 1. The molecule has 1 saturated heterocycles. The second-order valence-corrected chi connectivity index (χ2v) is 6.19. The number of rotatable bonds is 3. The number of hydrogen-bond acceptors (Lipinski definition) is 3. The van der Waals surface area contributed by atoms with Crippen molar-refractivity contribution in [2.45, 2.75) is 37.8 Å². The summed E-state index contributed by atoms with van der Waals surface area (Å²) in [4.78, 5) is 17.0. The Morgan fingerprint density at radius 3 is 2.29 bits per heavy atom. The summed E-state index contributed by atoms with van der Waals surface area (Å²) in [6.45, 7) is 3.63. The molecule has 2 N–H and O–H groups in total. The van der Waals surface area contributed by atoms with E-state index in [9.17, 15) is 4.79 Å². The molecule has 21 heavy (non-hydrogen) atoms. The van der Waals surface area contributed by atoms with Gasteiger partial charge in [-0.3, -0.25) is 9.69 Å². The third-order valence-electron chi connectivity index (χ3n) is 4.89. The van der Waals surface area contributed by atoms with E-state index >= 15 is 0 Å². The van der Waals surface area contributed by atoms with Gasteiger partial charge in [0.2, 0.25) is 5.91 Å². The van der Waals surface area contributed by atoms with Gasteiger partial charge in [-0.05, 0) is 18.4 Å². The predicted molar refractivity (Wildman–Crippen MR) is 83.8 cm³/mol. The standard InChI is InChI=1S/C17H25N3O/c18-16(14-6-2-1-3-7-14)17(21)20-12-10-19(11-13-20)15-8-4-5-9-15/h1-3,6-7,15-16H,4-5,8-13,18H2/t16-/m0/s1. The number of nitrogens with two attached hydrogens (primary N) is 1. The molecule has 1 aliphatic heterocycles. The molecule has 1 aromatic carbocycles. The molecule has 1 aliphatic carbocycles. The van der Waals surface area contributed by atoms with Crippen LogP contribution >= 0.6 is 0 Å². The molecule has 1 saturated carbocycles. The number of amides is 1. The first-order chi connectivity index (χ1) is 10.3. The molecule has 0 radical (unpaired) electrons. The Morgan fingerprint density at radius 1 is 1.05 bits per heavy atom. The minimum absolute atomic E-state index is 0.0623. The zero-order chi connectivity index (χ0) is 14.7. The SMILES string of the molecule is N[C@H](C(=O)N1CCN(C2CCCC2)CC1)c1ccccc1. The van der Waals surface area contributed by atoms with Gasteiger partial charge in [0.05, 0.1) is 0 Å². The second kappa shape index (κ2) is 6.58. The molecule has 3 rings (SSSR count). The average Bonchev–Trinajstić information content (AvgIpc) is 3.09. The van der Waals surface area contributed by atoms with Gasteiger partial charge >= 0.3 is 0 Å². The van der Waals surface area contributed by atoms with Gasteiger partial charge in [-0.1, -0.05) is 43.2 Å². The van der Waals surface area contributed by atoms with Gasteiger partial charge < -0.3 is 10.6 Å². The van der Waals surface area contributed by atoms with Crippen molar-refractivity contribution in [1.82, 2.24) is 9.80 Å². The molecule has 1 atom stereocenters. The largest absolute Gasteiger partial charge is 0.338 e.